The van der Waals surface area contributed by atoms with Crippen LogP contribution in [0.5, 0.6) is 0 Å². The number of imidazole rings is 1. The molecule has 14 heavy (non-hydrogen) atoms. The highest BCUT2D eigenvalue weighted by atomic mass is 15.0. The summed E-state index contributed by atoms with van der Waals surface area (Å²) in [5.41, 5.74) is 4.16. The van der Waals surface area contributed by atoms with Gasteiger partial charge in [0.15, 0.2) is 5.65 Å². The first-order chi connectivity index (χ1) is 6.70. The molecule has 1 N–H and O–H groups in total. The lowest BCUT2D eigenvalue weighted by Gasteiger charge is -1.98. The number of nitrogens with zero attached hydrogens (tertiary/aromatic N) is 2. The number of aromatic nitrogens is 3. The van der Waals surface area contributed by atoms with Crippen molar-refractivity contribution in [2.75, 3.05) is 0 Å². The van der Waals surface area contributed by atoms with Crippen molar-refractivity contribution in [3.05, 3.63) is 29.7 Å². The summed E-state index contributed by atoms with van der Waals surface area (Å²) in [5.74, 6) is 0.905. The largest absolute Gasteiger partial charge is 0.341 e. The monoisotopic (exact) mass is 187 g/mol. The number of fused-ring (bicyclic) bond motifs is 1. The molecule has 0 saturated carbocycles. The third-order valence-electron chi connectivity index (χ3n) is 2.34. The van der Waals surface area contributed by atoms with E-state index in [4.69, 9.17) is 0 Å². The van der Waals surface area contributed by atoms with Gasteiger partial charge in [-0.3, -0.25) is 0 Å². The molecule has 2 aromatic heterocycles. The van der Waals surface area contributed by atoms with Crippen molar-refractivity contribution in [2.45, 2.75) is 20.8 Å². The third-order valence-corrected chi connectivity index (χ3v) is 2.34. The van der Waals surface area contributed by atoms with Gasteiger partial charge in [0.05, 0.1) is 5.52 Å². The Balaban J connectivity index is 2.61. The Morgan fingerprint density at radius 2 is 2.29 bits per heavy atom. The average Bonchev–Trinajstić information content (AvgIpc) is 2.55. The molecule has 0 unspecified atom stereocenters. The van der Waals surface area contributed by atoms with E-state index in [0.29, 0.717) is 0 Å². The van der Waals surface area contributed by atoms with Crippen LogP contribution >= 0.6 is 0 Å². The van der Waals surface area contributed by atoms with Gasteiger partial charge in [-0.25, -0.2) is 9.97 Å². The number of hydrogen-bond donors (Lipinski definition) is 1. The number of aromatic amines is 1. The molecule has 2 aromatic rings. The van der Waals surface area contributed by atoms with Crippen LogP contribution in [-0.2, 0) is 0 Å². The van der Waals surface area contributed by atoms with E-state index in [9.17, 15) is 0 Å². The highest BCUT2D eigenvalue weighted by Crippen LogP contribution is 2.16. The lowest BCUT2D eigenvalue weighted by molar-refractivity contribution is 1.16. The predicted molar refractivity (Wildman–Crippen MR) is 58.0 cm³/mol. The zero-order chi connectivity index (χ0) is 10.1. The van der Waals surface area contributed by atoms with Crippen LogP contribution in [0.4, 0.5) is 0 Å². The fraction of sp³-hybridized carbons (Fsp3) is 0.273. The summed E-state index contributed by atoms with van der Waals surface area (Å²) in [6.45, 7) is 6.04. The van der Waals surface area contributed by atoms with Crippen LogP contribution in [0.15, 0.2) is 18.3 Å². The lowest BCUT2D eigenvalue weighted by atomic mass is 10.1. The van der Waals surface area contributed by atoms with Crippen LogP contribution in [0, 0.1) is 6.92 Å². The van der Waals surface area contributed by atoms with Crippen molar-refractivity contribution in [3.8, 4) is 0 Å². The third kappa shape index (κ3) is 1.41. The van der Waals surface area contributed by atoms with Crippen LogP contribution in [-0.4, -0.2) is 15.0 Å². The highest BCUT2D eigenvalue weighted by molar-refractivity contribution is 5.76. The fourth-order valence-electron chi connectivity index (χ4n) is 1.40. The van der Waals surface area contributed by atoms with Gasteiger partial charge in [-0.15, -0.1) is 0 Å². The van der Waals surface area contributed by atoms with Crippen molar-refractivity contribution in [2.24, 2.45) is 0 Å². The summed E-state index contributed by atoms with van der Waals surface area (Å²) < 4.78 is 0. The Bertz CT molecular complexity index is 494. The molecule has 0 amide bonds. The van der Waals surface area contributed by atoms with Crippen molar-refractivity contribution < 1.29 is 0 Å². The first-order valence-corrected chi connectivity index (χ1v) is 4.66. The van der Waals surface area contributed by atoms with Crippen molar-refractivity contribution in [1.29, 1.82) is 0 Å². The molecule has 3 heteroatoms. The second-order valence-corrected chi connectivity index (χ2v) is 3.39. The number of H-pyrrole nitrogens is 1. The normalized spacial score (nSPS) is 12.4. The molecule has 0 radical (unpaired) electrons. The van der Waals surface area contributed by atoms with Crippen LogP contribution in [0.3, 0.4) is 0 Å². The quantitative estimate of drug-likeness (QED) is 0.745. The number of hydrogen-bond acceptors (Lipinski definition) is 2. The van der Waals surface area contributed by atoms with E-state index < -0.39 is 0 Å². The van der Waals surface area contributed by atoms with Crippen molar-refractivity contribution >= 4 is 16.7 Å². The SMILES string of the molecule is CC=C(C)c1cnc2nc(C)[nH]c2c1. The maximum absolute atomic E-state index is 4.29. The van der Waals surface area contributed by atoms with Gasteiger partial charge < -0.3 is 4.98 Å². The zero-order valence-corrected chi connectivity index (χ0v) is 8.63. The van der Waals surface area contributed by atoms with E-state index in [-0.39, 0.29) is 0 Å². The standard InChI is InChI=1S/C11H13N3/c1-4-7(2)9-5-10-11(12-6-9)14-8(3)13-10/h4-6H,1-3H3,(H,12,13,14). The number of rotatable bonds is 1. The molecule has 0 aliphatic heterocycles. The highest BCUT2D eigenvalue weighted by Gasteiger charge is 2.02. The van der Waals surface area contributed by atoms with Crippen molar-refractivity contribution in [1.82, 2.24) is 15.0 Å². The molecular formula is C11H13N3. The molecular weight excluding hydrogens is 174 g/mol. The molecule has 0 fully saturated rings. The summed E-state index contributed by atoms with van der Waals surface area (Å²) in [7, 11) is 0. The molecule has 3 nitrogen and oxygen atoms in total. The minimum absolute atomic E-state index is 0.787. The maximum atomic E-state index is 4.29. The number of nitrogens with one attached hydrogen (secondary N) is 1. The Labute approximate surface area is 82.9 Å². The molecule has 0 spiro atoms. The molecule has 0 bridgehead atoms. The van der Waals surface area contributed by atoms with Gasteiger partial charge in [0, 0.05) is 6.20 Å². The Morgan fingerprint density at radius 1 is 1.50 bits per heavy atom. The molecule has 2 heterocycles. The minimum Gasteiger partial charge on any atom is -0.341 e. The summed E-state index contributed by atoms with van der Waals surface area (Å²) in [4.78, 5) is 11.7. The summed E-state index contributed by atoms with van der Waals surface area (Å²) in [5, 5.41) is 0. The van der Waals surface area contributed by atoms with E-state index in [2.05, 4.69) is 34.0 Å². The topological polar surface area (TPSA) is 41.6 Å². The van der Waals surface area contributed by atoms with Crippen molar-refractivity contribution in [3.63, 3.8) is 0 Å². The first-order valence-electron chi connectivity index (χ1n) is 4.66. The second kappa shape index (κ2) is 3.25. The molecule has 0 aliphatic rings. The van der Waals surface area contributed by atoms with Gasteiger partial charge in [-0.05, 0) is 38.0 Å². The van der Waals surface area contributed by atoms with Gasteiger partial charge in [0.25, 0.3) is 0 Å². The van der Waals surface area contributed by atoms with Gasteiger partial charge in [-0.1, -0.05) is 6.08 Å². The Kier molecular flexibility index (Phi) is 2.08. The van der Waals surface area contributed by atoms with E-state index in [1.165, 1.54) is 5.57 Å². The second-order valence-electron chi connectivity index (χ2n) is 3.39. The smallest absolute Gasteiger partial charge is 0.177 e. The molecule has 0 saturated heterocycles. The summed E-state index contributed by atoms with van der Waals surface area (Å²) in [6, 6.07) is 2.08. The van der Waals surface area contributed by atoms with Crippen LogP contribution in [0.2, 0.25) is 0 Å². The summed E-state index contributed by atoms with van der Waals surface area (Å²) >= 11 is 0. The lowest BCUT2D eigenvalue weighted by Crippen LogP contribution is -1.83. The Morgan fingerprint density at radius 3 is 3.00 bits per heavy atom. The van der Waals surface area contributed by atoms with E-state index in [0.717, 1.165) is 22.6 Å². The maximum Gasteiger partial charge on any atom is 0.177 e. The van der Waals surface area contributed by atoms with Gasteiger partial charge in [-0.2, -0.15) is 0 Å². The van der Waals surface area contributed by atoms with Gasteiger partial charge in [0.2, 0.25) is 0 Å². The number of allylic oxidation sites excluding steroid dienone is 2. The number of pyridine rings is 1. The van der Waals surface area contributed by atoms with Crippen LogP contribution in [0.1, 0.15) is 25.2 Å². The molecule has 0 aliphatic carbocycles. The fourth-order valence-corrected chi connectivity index (χ4v) is 1.40. The van der Waals surface area contributed by atoms with E-state index in [1.807, 2.05) is 20.0 Å². The van der Waals surface area contributed by atoms with E-state index in [1.54, 1.807) is 0 Å². The van der Waals surface area contributed by atoms with Gasteiger partial charge >= 0.3 is 0 Å². The first kappa shape index (κ1) is 8.94. The molecule has 0 atom stereocenters. The number of aryl methyl sites for hydroxylation is 1. The Hall–Kier alpha value is -1.64. The van der Waals surface area contributed by atoms with Gasteiger partial charge in [0.1, 0.15) is 5.82 Å². The molecule has 0 aromatic carbocycles. The zero-order valence-electron chi connectivity index (χ0n) is 8.63. The average molecular weight is 187 g/mol. The van der Waals surface area contributed by atoms with Crippen LogP contribution in [0.25, 0.3) is 16.7 Å². The summed E-state index contributed by atoms with van der Waals surface area (Å²) in [6.07, 6.45) is 3.93. The molecule has 72 valence electrons. The minimum atomic E-state index is 0.787. The van der Waals surface area contributed by atoms with E-state index >= 15 is 0 Å². The van der Waals surface area contributed by atoms with Crippen LogP contribution < -0.4 is 0 Å². The predicted octanol–water partition coefficient (Wildman–Crippen LogP) is 2.69. The molecule has 2 rings (SSSR count).